The number of rotatable bonds is 7. The quantitative estimate of drug-likeness (QED) is 0.417. The normalized spacial score (nSPS) is 44.2. The summed E-state index contributed by atoms with van der Waals surface area (Å²) in [5.74, 6) is -1.21. The van der Waals surface area contributed by atoms with Crippen LogP contribution in [0.2, 0.25) is 0 Å². The minimum absolute atomic E-state index is 0.0219. The van der Waals surface area contributed by atoms with Gasteiger partial charge >= 0.3 is 0 Å². The van der Waals surface area contributed by atoms with Crippen molar-refractivity contribution in [3.8, 4) is 0 Å². The van der Waals surface area contributed by atoms with E-state index in [4.69, 9.17) is 4.74 Å². The summed E-state index contributed by atoms with van der Waals surface area (Å²) in [6.07, 6.45) is 7.89. The van der Waals surface area contributed by atoms with Gasteiger partial charge in [-0.25, -0.2) is 0 Å². The highest BCUT2D eigenvalue weighted by atomic mass is 127. The minimum atomic E-state index is -1.28. The third kappa shape index (κ3) is 2.27. The van der Waals surface area contributed by atoms with Gasteiger partial charge < -0.3 is 9.84 Å². The zero-order chi connectivity index (χ0) is 14.3. The maximum Gasteiger partial charge on any atom is 0.177 e. The number of alkyl halides is 1. The largest absolute Gasteiger partial charge is 0.365 e. The molecule has 1 N–H and O–H groups in total. The van der Waals surface area contributed by atoms with Gasteiger partial charge in [-0.15, -0.1) is 0 Å². The van der Waals surface area contributed by atoms with Crippen LogP contribution in [0, 0.1) is 5.41 Å². The first-order valence-electron chi connectivity index (χ1n) is 7.42. The molecule has 0 amide bonds. The number of carbonyl (C=O) groups is 1. The van der Waals surface area contributed by atoms with Crippen molar-refractivity contribution in [1.29, 1.82) is 0 Å². The molecule has 2 aliphatic rings. The Morgan fingerprint density at radius 3 is 2.47 bits per heavy atom. The summed E-state index contributed by atoms with van der Waals surface area (Å²) in [7, 11) is 0. The van der Waals surface area contributed by atoms with Crippen molar-refractivity contribution < 1.29 is 14.6 Å². The van der Waals surface area contributed by atoms with Crippen LogP contribution in [0.4, 0.5) is 0 Å². The third-order valence-corrected chi connectivity index (χ3v) is 6.95. The van der Waals surface area contributed by atoms with E-state index in [0.29, 0.717) is 0 Å². The number of carbonyl (C=O) groups excluding carboxylic acids is 1. The van der Waals surface area contributed by atoms with Crippen molar-refractivity contribution in [2.24, 2.45) is 5.41 Å². The van der Waals surface area contributed by atoms with E-state index in [1.807, 2.05) is 0 Å². The Kier molecular flexibility index (Phi) is 4.35. The number of halogens is 1. The number of hydrogen-bond acceptors (Lipinski definition) is 3. The number of hydrogen-bond donors (Lipinski definition) is 1. The zero-order valence-electron chi connectivity index (χ0n) is 12.2. The molecule has 0 bridgehead atoms. The van der Waals surface area contributed by atoms with E-state index in [2.05, 4.69) is 29.5 Å². The highest BCUT2D eigenvalue weighted by Gasteiger charge is 2.85. The zero-order valence-corrected chi connectivity index (χ0v) is 14.3. The van der Waals surface area contributed by atoms with Crippen molar-refractivity contribution in [2.45, 2.75) is 81.0 Å². The van der Waals surface area contributed by atoms with Gasteiger partial charge in [0.15, 0.2) is 5.79 Å². The molecule has 19 heavy (non-hydrogen) atoms. The van der Waals surface area contributed by atoms with Gasteiger partial charge in [0.1, 0.15) is 11.2 Å². The predicted molar refractivity (Wildman–Crippen MR) is 83.4 cm³/mol. The monoisotopic (exact) mass is 380 g/mol. The van der Waals surface area contributed by atoms with Crippen LogP contribution in [0.5, 0.6) is 0 Å². The Balaban J connectivity index is 1.93. The molecule has 110 valence electrons. The highest BCUT2D eigenvalue weighted by Crippen LogP contribution is 2.75. The molecule has 4 heteroatoms. The fraction of sp³-hybridized carbons (Fsp3) is 0.933. The Morgan fingerprint density at radius 1 is 1.37 bits per heavy atom. The Hall–Kier alpha value is 0.320. The van der Waals surface area contributed by atoms with E-state index in [0.717, 1.165) is 19.3 Å². The lowest BCUT2D eigenvalue weighted by Gasteiger charge is -2.27. The Morgan fingerprint density at radius 2 is 2.00 bits per heavy atom. The van der Waals surface area contributed by atoms with Gasteiger partial charge in [0.25, 0.3) is 0 Å². The molecule has 0 aromatic rings. The van der Waals surface area contributed by atoms with Crippen molar-refractivity contribution >= 4 is 28.4 Å². The second-order valence-electron chi connectivity index (χ2n) is 6.29. The van der Waals surface area contributed by atoms with E-state index in [1.165, 1.54) is 25.7 Å². The van der Waals surface area contributed by atoms with Crippen LogP contribution >= 0.6 is 22.6 Å². The number of aliphatic hydroxyl groups is 1. The van der Waals surface area contributed by atoms with Gasteiger partial charge in [0, 0.05) is 0 Å². The van der Waals surface area contributed by atoms with Crippen LogP contribution in [0.3, 0.4) is 0 Å². The van der Waals surface area contributed by atoms with Gasteiger partial charge in [-0.05, 0) is 26.7 Å². The van der Waals surface area contributed by atoms with E-state index < -0.39 is 11.2 Å². The lowest BCUT2D eigenvalue weighted by atomic mass is 9.90. The summed E-state index contributed by atoms with van der Waals surface area (Å²) in [6.45, 7) is 5.45. The van der Waals surface area contributed by atoms with Crippen LogP contribution in [0.25, 0.3) is 0 Å². The highest BCUT2D eigenvalue weighted by molar-refractivity contribution is 14.1. The molecule has 4 atom stereocenters. The van der Waals surface area contributed by atoms with Crippen molar-refractivity contribution in [2.75, 3.05) is 0 Å². The maximum absolute atomic E-state index is 11.9. The van der Waals surface area contributed by atoms with Crippen LogP contribution in [0.1, 0.15) is 65.7 Å². The molecule has 3 nitrogen and oxygen atoms in total. The summed E-state index contributed by atoms with van der Waals surface area (Å²) in [5, 5.41) is 10.5. The van der Waals surface area contributed by atoms with E-state index >= 15 is 0 Å². The molecule has 2 fully saturated rings. The first-order valence-corrected chi connectivity index (χ1v) is 8.50. The first-order chi connectivity index (χ1) is 8.82. The van der Waals surface area contributed by atoms with Crippen molar-refractivity contribution in [3.05, 3.63) is 0 Å². The SMILES string of the molecule is CCCCCCC[C@@H]1O[C@@](C)(O)[C@]2(C(C)=O)C[C@]12I. The van der Waals surface area contributed by atoms with Crippen molar-refractivity contribution in [3.63, 3.8) is 0 Å². The second kappa shape index (κ2) is 5.26. The van der Waals surface area contributed by atoms with Gasteiger partial charge in [-0.1, -0.05) is 61.6 Å². The molecule has 2 rings (SSSR count). The Labute approximate surface area is 129 Å². The molecule has 0 unspecified atom stereocenters. The first kappa shape index (κ1) is 15.7. The van der Waals surface area contributed by atoms with E-state index in [-0.39, 0.29) is 15.3 Å². The summed E-state index contributed by atoms with van der Waals surface area (Å²) in [5.41, 5.74) is -0.658. The summed E-state index contributed by atoms with van der Waals surface area (Å²) in [6, 6.07) is 0. The number of unbranched alkanes of at least 4 members (excludes halogenated alkanes) is 4. The average molecular weight is 380 g/mol. The fourth-order valence-electron chi connectivity index (χ4n) is 3.72. The standard InChI is InChI=1S/C15H25IO3/c1-4-5-6-7-8-9-12-15(16)10-14(15,11(2)17)13(3,18)19-12/h12,18H,4-10H2,1-3H3/t12-,13+,14+,15-/m0/s1. The lowest BCUT2D eigenvalue weighted by Crippen LogP contribution is -2.41. The van der Waals surface area contributed by atoms with Gasteiger partial charge in [-0.2, -0.15) is 0 Å². The van der Waals surface area contributed by atoms with Gasteiger partial charge in [-0.3, -0.25) is 4.79 Å². The minimum Gasteiger partial charge on any atom is -0.365 e. The average Bonchev–Trinajstić information content (AvgIpc) is 2.93. The topological polar surface area (TPSA) is 46.5 Å². The van der Waals surface area contributed by atoms with Crippen LogP contribution in [-0.2, 0) is 9.53 Å². The fourth-order valence-corrected chi connectivity index (χ4v) is 5.61. The smallest absolute Gasteiger partial charge is 0.177 e. The summed E-state index contributed by atoms with van der Waals surface area (Å²) in [4.78, 5) is 11.9. The molecule has 1 heterocycles. The van der Waals surface area contributed by atoms with Crippen LogP contribution < -0.4 is 0 Å². The summed E-state index contributed by atoms with van der Waals surface area (Å²) >= 11 is 2.36. The molecular formula is C15H25IO3. The predicted octanol–water partition coefficient (Wildman–Crippen LogP) is 3.61. The molecule has 0 spiro atoms. The van der Waals surface area contributed by atoms with Gasteiger partial charge in [0.05, 0.1) is 9.53 Å². The van der Waals surface area contributed by atoms with Crippen LogP contribution in [0.15, 0.2) is 0 Å². The summed E-state index contributed by atoms with van der Waals surface area (Å²) < 4.78 is 5.64. The van der Waals surface area contributed by atoms with Gasteiger partial charge in [0.2, 0.25) is 0 Å². The molecule has 1 saturated heterocycles. The number of ketones is 1. The third-order valence-electron chi connectivity index (χ3n) is 4.95. The molecule has 1 aliphatic carbocycles. The van der Waals surface area contributed by atoms with Crippen LogP contribution in [-0.4, -0.2) is 26.2 Å². The molecule has 0 aromatic carbocycles. The molecular weight excluding hydrogens is 355 g/mol. The number of Topliss-reactive ketones (excluding diaryl/α,β-unsaturated/α-hetero) is 1. The molecule has 0 radical (unpaired) electrons. The lowest BCUT2D eigenvalue weighted by molar-refractivity contribution is -0.220. The molecule has 1 aliphatic heterocycles. The van der Waals surface area contributed by atoms with Crippen molar-refractivity contribution in [1.82, 2.24) is 0 Å². The maximum atomic E-state index is 11.9. The molecule has 0 aromatic heterocycles. The number of fused-ring (bicyclic) bond motifs is 1. The molecule has 1 saturated carbocycles. The number of ether oxygens (including phenoxy) is 1. The Bertz CT molecular complexity index is 368. The van der Waals surface area contributed by atoms with E-state index in [9.17, 15) is 9.90 Å². The second-order valence-corrected chi connectivity index (χ2v) is 8.22. The van der Waals surface area contributed by atoms with E-state index in [1.54, 1.807) is 13.8 Å².